The molecule has 1 fully saturated rings. The zero-order valence-electron chi connectivity index (χ0n) is 7.68. The van der Waals surface area contributed by atoms with Crippen molar-refractivity contribution < 1.29 is 0 Å². The van der Waals surface area contributed by atoms with Crippen LogP contribution in [0, 0.1) is 11.8 Å². The monoisotopic (exact) mass is 155 g/mol. The lowest BCUT2D eigenvalue weighted by molar-refractivity contribution is 0.345. The number of hydrogen-bond donors (Lipinski definition) is 1. The summed E-state index contributed by atoms with van der Waals surface area (Å²) in [6.07, 6.45) is 8.43. The van der Waals surface area contributed by atoms with E-state index >= 15 is 0 Å². The Kier molecular flexibility index (Phi) is 3.92. The molecule has 0 spiro atoms. The second-order valence-corrected chi connectivity index (χ2v) is 3.82. The summed E-state index contributed by atoms with van der Waals surface area (Å²) in [4.78, 5) is 0. The molecule has 1 saturated carbocycles. The molecule has 0 heterocycles. The molecule has 1 nitrogen and oxygen atoms in total. The molecule has 11 heavy (non-hydrogen) atoms. The van der Waals surface area contributed by atoms with Crippen molar-refractivity contribution >= 4 is 0 Å². The molecule has 1 rings (SSSR count). The van der Waals surface area contributed by atoms with Crippen molar-refractivity contribution in [3.8, 4) is 0 Å². The maximum absolute atomic E-state index is 5.57. The van der Waals surface area contributed by atoms with Crippen molar-refractivity contribution in [3.05, 3.63) is 0 Å². The quantitative estimate of drug-likeness (QED) is 0.663. The van der Waals surface area contributed by atoms with Crippen LogP contribution in [0.4, 0.5) is 0 Å². The van der Waals surface area contributed by atoms with Gasteiger partial charge >= 0.3 is 0 Å². The summed E-state index contributed by atoms with van der Waals surface area (Å²) in [5, 5.41) is 0. The normalized spacial score (nSPS) is 31.1. The van der Waals surface area contributed by atoms with Crippen LogP contribution in [0.1, 0.15) is 45.4 Å². The molecule has 0 saturated heterocycles. The van der Waals surface area contributed by atoms with Crippen LogP contribution in [0.15, 0.2) is 0 Å². The topological polar surface area (TPSA) is 26.0 Å². The molecule has 1 aliphatic carbocycles. The second kappa shape index (κ2) is 4.76. The molecule has 1 aliphatic rings. The van der Waals surface area contributed by atoms with Crippen LogP contribution in [0.25, 0.3) is 0 Å². The summed E-state index contributed by atoms with van der Waals surface area (Å²) in [5.74, 6) is 1.99. The highest BCUT2D eigenvalue weighted by Crippen LogP contribution is 2.36. The Morgan fingerprint density at radius 3 is 2.36 bits per heavy atom. The minimum atomic E-state index is 0.894. The second-order valence-electron chi connectivity index (χ2n) is 3.82. The maximum Gasteiger partial charge on any atom is -0.00745 e. The summed E-state index contributed by atoms with van der Waals surface area (Å²) in [6.45, 7) is 3.18. The van der Waals surface area contributed by atoms with E-state index < -0.39 is 0 Å². The van der Waals surface area contributed by atoms with E-state index in [1.165, 1.54) is 38.5 Å². The average molecular weight is 155 g/mol. The first-order chi connectivity index (χ1) is 5.38. The van der Waals surface area contributed by atoms with Crippen LogP contribution >= 0.6 is 0 Å². The van der Waals surface area contributed by atoms with Gasteiger partial charge in [-0.25, -0.2) is 0 Å². The van der Waals surface area contributed by atoms with Crippen LogP contribution in [-0.2, 0) is 0 Å². The van der Waals surface area contributed by atoms with Gasteiger partial charge in [-0.2, -0.15) is 0 Å². The molecule has 2 N–H and O–H groups in total. The van der Waals surface area contributed by atoms with E-state index in [-0.39, 0.29) is 0 Å². The van der Waals surface area contributed by atoms with E-state index in [0.29, 0.717) is 0 Å². The molecule has 0 radical (unpaired) electrons. The van der Waals surface area contributed by atoms with E-state index in [4.69, 9.17) is 5.73 Å². The Labute approximate surface area is 70.4 Å². The highest BCUT2D eigenvalue weighted by Gasteiger charge is 2.25. The number of nitrogens with two attached hydrogens (primary N) is 1. The van der Waals surface area contributed by atoms with Crippen LogP contribution in [0.3, 0.4) is 0 Å². The predicted octanol–water partition coefficient (Wildman–Crippen LogP) is 2.55. The fourth-order valence-corrected chi connectivity index (χ4v) is 2.46. The van der Waals surface area contributed by atoms with Crippen LogP contribution in [0.5, 0.6) is 0 Å². The molecule has 1 heteroatoms. The third kappa shape index (κ3) is 2.48. The largest absolute Gasteiger partial charge is 0.330 e. The van der Waals surface area contributed by atoms with Crippen LogP contribution in [-0.4, -0.2) is 6.54 Å². The minimum absolute atomic E-state index is 0.894. The van der Waals surface area contributed by atoms with E-state index in [1.807, 2.05) is 0 Å². The van der Waals surface area contributed by atoms with Crippen molar-refractivity contribution in [1.82, 2.24) is 0 Å². The van der Waals surface area contributed by atoms with Gasteiger partial charge in [-0.05, 0) is 24.8 Å². The highest BCUT2D eigenvalue weighted by molar-refractivity contribution is 4.77. The molecule has 0 aliphatic heterocycles. The lowest BCUT2D eigenvalue weighted by atomic mass is 9.89. The summed E-state index contributed by atoms with van der Waals surface area (Å²) in [5.41, 5.74) is 5.57. The average Bonchev–Trinajstić information content (AvgIpc) is 2.39. The Morgan fingerprint density at radius 2 is 1.82 bits per heavy atom. The van der Waals surface area contributed by atoms with Gasteiger partial charge in [-0.1, -0.05) is 39.0 Å². The lowest BCUT2D eigenvalue weighted by Crippen LogP contribution is -2.12. The zero-order valence-corrected chi connectivity index (χ0v) is 7.68. The van der Waals surface area contributed by atoms with Crippen molar-refractivity contribution in [2.24, 2.45) is 17.6 Å². The van der Waals surface area contributed by atoms with Crippen LogP contribution < -0.4 is 5.73 Å². The summed E-state index contributed by atoms with van der Waals surface area (Å²) in [7, 11) is 0. The van der Waals surface area contributed by atoms with Crippen molar-refractivity contribution in [2.75, 3.05) is 6.54 Å². The van der Waals surface area contributed by atoms with Gasteiger partial charge in [0.25, 0.3) is 0 Å². The van der Waals surface area contributed by atoms with Gasteiger partial charge in [0, 0.05) is 0 Å². The summed E-state index contributed by atoms with van der Waals surface area (Å²) < 4.78 is 0. The van der Waals surface area contributed by atoms with Crippen molar-refractivity contribution in [2.45, 2.75) is 45.4 Å². The molecule has 0 aromatic heterocycles. The Hall–Kier alpha value is -0.0400. The molecular formula is C10H21N. The predicted molar refractivity (Wildman–Crippen MR) is 49.4 cm³/mol. The van der Waals surface area contributed by atoms with E-state index in [2.05, 4.69) is 6.92 Å². The third-order valence-corrected chi connectivity index (χ3v) is 3.01. The third-order valence-electron chi connectivity index (χ3n) is 3.01. The molecule has 0 aromatic rings. The standard InChI is InChI=1S/C10H21N/c1-2-4-9-5-3-6-10(9)7-8-11/h9-10H,2-8,11H2,1H3. The molecule has 2 atom stereocenters. The maximum atomic E-state index is 5.57. The van der Waals surface area contributed by atoms with E-state index in [1.54, 1.807) is 0 Å². The minimum Gasteiger partial charge on any atom is -0.330 e. The summed E-state index contributed by atoms with van der Waals surface area (Å²) >= 11 is 0. The highest BCUT2D eigenvalue weighted by atomic mass is 14.5. The fourth-order valence-electron chi connectivity index (χ4n) is 2.46. The van der Waals surface area contributed by atoms with Crippen LogP contribution in [0.2, 0.25) is 0 Å². The Bertz CT molecular complexity index is 89.0. The molecular weight excluding hydrogens is 134 g/mol. The fraction of sp³-hybridized carbons (Fsp3) is 1.00. The van der Waals surface area contributed by atoms with E-state index in [0.717, 1.165) is 18.4 Å². The van der Waals surface area contributed by atoms with Gasteiger partial charge in [-0.3, -0.25) is 0 Å². The first kappa shape index (κ1) is 9.05. The van der Waals surface area contributed by atoms with Gasteiger partial charge < -0.3 is 5.73 Å². The van der Waals surface area contributed by atoms with Gasteiger partial charge in [0.2, 0.25) is 0 Å². The van der Waals surface area contributed by atoms with Gasteiger partial charge in [0.1, 0.15) is 0 Å². The SMILES string of the molecule is CCCC1CCCC1CCN. The molecule has 2 unspecified atom stereocenters. The molecule has 66 valence electrons. The molecule has 0 amide bonds. The Morgan fingerprint density at radius 1 is 1.18 bits per heavy atom. The zero-order chi connectivity index (χ0) is 8.10. The Balaban J connectivity index is 2.25. The number of hydrogen-bond acceptors (Lipinski definition) is 1. The first-order valence-corrected chi connectivity index (χ1v) is 5.08. The lowest BCUT2D eigenvalue weighted by Gasteiger charge is -2.17. The molecule has 0 bridgehead atoms. The van der Waals surface area contributed by atoms with Gasteiger partial charge in [0.15, 0.2) is 0 Å². The van der Waals surface area contributed by atoms with Gasteiger partial charge in [0.05, 0.1) is 0 Å². The van der Waals surface area contributed by atoms with Crippen molar-refractivity contribution in [1.29, 1.82) is 0 Å². The summed E-state index contributed by atoms with van der Waals surface area (Å²) in [6, 6.07) is 0. The smallest absolute Gasteiger partial charge is 0.00745 e. The number of rotatable bonds is 4. The van der Waals surface area contributed by atoms with E-state index in [9.17, 15) is 0 Å². The molecule has 0 aromatic carbocycles. The van der Waals surface area contributed by atoms with Crippen molar-refractivity contribution in [3.63, 3.8) is 0 Å². The van der Waals surface area contributed by atoms with Gasteiger partial charge in [-0.15, -0.1) is 0 Å². The first-order valence-electron chi connectivity index (χ1n) is 5.08.